The molecule has 1 aromatic heterocycles. The van der Waals surface area contributed by atoms with Gasteiger partial charge >= 0.3 is 0 Å². The number of carbonyl (C=O) groups is 1. The minimum absolute atomic E-state index is 0.0837. The highest BCUT2D eigenvalue weighted by Gasteiger charge is 2.21. The molecule has 1 amide bonds. The Morgan fingerprint density at radius 3 is 2.52 bits per heavy atom. The van der Waals surface area contributed by atoms with Crippen molar-refractivity contribution < 1.29 is 4.79 Å². The van der Waals surface area contributed by atoms with E-state index >= 15 is 0 Å². The lowest BCUT2D eigenvalue weighted by atomic mass is 10.2. The first-order valence-electron chi connectivity index (χ1n) is 10.4. The van der Waals surface area contributed by atoms with Gasteiger partial charge in [-0.1, -0.05) is 31.2 Å². The van der Waals surface area contributed by atoms with Crippen molar-refractivity contribution in [2.24, 2.45) is 7.05 Å². The van der Waals surface area contributed by atoms with Crippen LogP contribution >= 0.6 is 0 Å². The molecule has 0 aliphatic carbocycles. The molecule has 0 radical (unpaired) electrons. The van der Waals surface area contributed by atoms with Gasteiger partial charge in [-0.2, -0.15) is 0 Å². The second kappa shape index (κ2) is 8.66. The molecule has 2 heterocycles. The summed E-state index contributed by atoms with van der Waals surface area (Å²) in [5.41, 5.74) is 4.26. The van der Waals surface area contributed by atoms with Crippen LogP contribution in [-0.4, -0.2) is 46.5 Å². The van der Waals surface area contributed by atoms with E-state index < -0.39 is 0 Å². The molecule has 1 fully saturated rings. The summed E-state index contributed by atoms with van der Waals surface area (Å²) in [6.07, 6.45) is 1.41. The van der Waals surface area contributed by atoms with Gasteiger partial charge in [0.2, 0.25) is 5.91 Å². The van der Waals surface area contributed by atoms with Crippen LogP contribution in [-0.2, 0) is 18.4 Å². The third kappa shape index (κ3) is 4.27. The largest absolute Gasteiger partial charge is 0.367 e. The van der Waals surface area contributed by atoms with Gasteiger partial charge in [-0.25, -0.2) is 4.98 Å². The topological polar surface area (TPSA) is 53.4 Å². The van der Waals surface area contributed by atoms with Gasteiger partial charge in [0.05, 0.1) is 29.0 Å². The molecule has 1 aliphatic rings. The number of nitrogens with zero attached hydrogens (tertiary/aromatic N) is 4. The first-order chi connectivity index (χ1) is 14.2. The highest BCUT2D eigenvalue weighted by atomic mass is 16.1. The van der Waals surface area contributed by atoms with Crippen LogP contribution in [0.5, 0.6) is 0 Å². The number of anilines is 2. The van der Waals surface area contributed by atoms with Crippen molar-refractivity contribution in [1.82, 2.24) is 14.5 Å². The zero-order valence-electron chi connectivity index (χ0n) is 17.3. The fourth-order valence-corrected chi connectivity index (χ4v) is 3.98. The predicted molar refractivity (Wildman–Crippen MR) is 118 cm³/mol. The van der Waals surface area contributed by atoms with Gasteiger partial charge in [0, 0.05) is 39.6 Å². The van der Waals surface area contributed by atoms with Gasteiger partial charge < -0.3 is 14.8 Å². The molecule has 2 aromatic carbocycles. The smallest absolute Gasteiger partial charge is 0.224 e. The molecule has 0 unspecified atom stereocenters. The molecule has 1 N–H and O–H groups in total. The average Bonchev–Trinajstić information content (AvgIpc) is 3.05. The van der Waals surface area contributed by atoms with E-state index in [0.29, 0.717) is 6.42 Å². The Bertz CT molecular complexity index is 988. The third-order valence-electron chi connectivity index (χ3n) is 5.61. The quantitative estimate of drug-likeness (QED) is 0.697. The maximum atomic E-state index is 12.1. The highest BCUT2D eigenvalue weighted by Crippen LogP contribution is 2.27. The number of aromatic nitrogens is 2. The lowest BCUT2D eigenvalue weighted by molar-refractivity contribution is -0.116. The fourth-order valence-electron chi connectivity index (χ4n) is 3.98. The SMILES string of the molecule is CCCC(=O)Nc1ccccc1N1CCN(Cc2nc3ccccc3n2C)CC1. The zero-order chi connectivity index (χ0) is 20.2. The van der Waals surface area contributed by atoms with Gasteiger partial charge in [-0.05, 0) is 30.7 Å². The Kier molecular flexibility index (Phi) is 5.81. The molecule has 0 atom stereocenters. The molecule has 0 spiro atoms. The van der Waals surface area contributed by atoms with E-state index in [-0.39, 0.29) is 5.91 Å². The lowest BCUT2D eigenvalue weighted by Crippen LogP contribution is -2.46. The predicted octanol–water partition coefficient (Wildman–Crippen LogP) is 3.63. The Labute approximate surface area is 172 Å². The molecule has 0 saturated carbocycles. The summed E-state index contributed by atoms with van der Waals surface area (Å²) in [4.78, 5) is 21.7. The van der Waals surface area contributed by atoms with E-state index in [2.05, 4.69) is 51.0 Å². The normalized spacial score (nSPS) is 15.0. The van der Waals surface area contributed by atoms with Crippen molar-refractivity contribution in [3.05, 3.63) is 54.4 Å². The number of amides is 1. The second-order valence-corrected chi connectivity index (χ2v) is 7.65. The van der Waals surface area contributed by atoms with Crippen LogP contribution in [0.25, 0.3) is 11.0 Å². The van der Waals surface area contributed by atoms with E-state index in [1.807, 2.05) is 31.2 Å². The number of imidazole rings is 1. The maximum Gasteiger partial charge on any atom is 0.224 e. The number of para-hydroxylation sites is 4. The zero-order valence-corrected chi connectivity index (χ0v) is 17.3. The molecule has 1 aliphatic heterocycles. The van der Waals surface area contributed by atoms with E-state index in [0.717, 1.165) is 61.9 Å². The summed E-state index contributed by atoms with van der Waals surface area (Å²) < 4.78 is 2.19. The standard InChI is InChI=1S/C23H29N5O/c1-3-8-23(29)25-19-10-5-7-12-21(19)28-15-13-27(14-16-28)17-22-24-18-9-4-6-11-20(18)26(22)2/h4-7,9-12H,3,8,13-17H2,1-2H3,(H,25,29). The molecule has 3 aromatic rings. The summed E-state index contributed by atoms with van der Waals surface area (Å²) >= 11 is 0. The molecule has 6 heteroatoms. The minimum atomic E-state index is 0.0837. The van der Waals surface area contributed by atoms with Gasteiger partial charge in [0.25, 0.3) is 0 Å². The summed E-state index contributed by atoms with van der Waals surface area (Å²) in [5.74, 6) is 1.19. The van der Waals surface area contributed by atoms with E-state index in [4.69, 9.17) is 4.98 Å². The van der Waals surface area contributed by atoms with Crippen LogP contribution in [0.4, 0.5) is 11.4 Å². The molecule has 1 saturated heterocycles. The Hall–Kier alpha value is -2.86. The molecular formula is C23H29N5O. The van der Waals surface area contributed by atoms with E-state index in [9.17, 15) is 4.79 Å². The van der Waals surface area contributed by atoms with Crippen molar-refractivity contribution in [2.75, 3.05) is 36.4 Å². The van der Waals surface area contributed by atoms with Gasteiger partial charge in [0.1, 0.15) is 5.82 Å². The maximum absolute atomic E-state index is 12.1. The first kappa shape index (κ1) is 19.5. The van der Waals surface area contributed by atoms with Crippen LogP contribution < -0.4 is 10.2 Å². The van der Waals surface area contributed by atoms with Crippen molar-refractivity contribution in [1.29, 1.82) is 0 Å². The van der Waals surface area contributed by atoms with Crippen LogP contribution in [0.2, 0.25) is 0 Å². The minimum Gasteiger partial charge on any atom is -0.367 e. The summed E-state index contributed by atoms with van der Waals surface area (Å²) in [5, 5.41) is 3.07. The first-order valence-corrected chi connectivity index (χ1v) is 10.4. The number of rotatable bonds is 6. The van der Waals surface area contributed by atoms with Crippen LogP contribution in [0.15, 0.2) is 48.5 Å². The number of fused-ring (bicyclic) bond motifs is 1. The van der Waals surface area contributed by atoms with Gasteiger partial charge in [0.15, 0.2) is 0 Å². The number of piperazine rings is 1. The number of nitrogens with one attached hydrogen (secondary N) is 1. The summed E-state index contributed by atoms with van der Waals surface area (Å²) in [6.45, 7) is 6.69. The number of hydrogen-bond donors (Lipinski definition) is 1. The van der Waals surface area contributed by atoms with Gasteiger partial charge in [-0.15, -0.1) is 0 Å². The fraction of sp³-hybridized carbons (Fsp3) is 0.391. The molecule has 6 nitrogen and oxygen atoms in total. The summed E-state index contributed by atoms with van der Waals surface area (Å²) in [7, 11) is 2.09. The second-order valence-electron chi connectivity index (χ2n) is 7.65. The molecule has 4 rings (SSSR count). The Morgan fingerprint density at radius 2 is 1.76 bits per heavy atom. The van der Waals surface area contributed by atoms with E-state index in [1.165, 1.54) is 5.52 Å². The summed E-state index contributed by atoms with van der Waals surface area (Å²) in [6, 6.07) is 16.4. The average molecular weight is 392 g/mol. The monoisotopic (exact) mass is 391 g/mol. The molecule has 29 heavy (non-hydrogen) atoms. The van der Waals surface area contributed by atoms with Crippen molar-refractivity contribution in [3.63, 3.8) is 0 Å². The Balaban J connectivity index is 1.41. The van der Waals surface area contributed by atoms with E-state index in [1.54, 1.807) is 0 Å². The van der Waals surface area contributed by atoms with Crippen molar-refractivity contribution in [2.45, 2.75) is 26.3 Å². The molecular weight excluding hydrogens is 362 g/mol. The molecule has 0 bridgehead atoms. The number of carbonyl (C=O) groups excluding carboxylic acids is 1. The van der Waals surface area contributed by atoms with Crippen LogP contribution in [0.1, 0.15) is 25.6 Å². The van der Waals surface area contributed by atoms with Crippen LogP contribution in [0.3, 0.4) is 0 Å². The van der Waals surface area contributed by atoms with Crippen LogP contribution in [0, 0.1) is 0 Å². The number of benzene rings is 2. The van der Waals surface area contributed by atoms with Crippen molar-refractivity contribution >= 4 is 28.3 Å². The number of hydrogen-bond acceptors (Lipinski definition) is 4. The Morgan fingerprint density at radius 1 is 1.03 bits per heavy atom. The third-order valence-corrected chi connectivity index (χ3v) is 5.61. The number of aryl methyl sites for hydroxylation is 1. The van der Waals surface area contributed by atoms with Crippen molar-refractivity contribution in [3.8, 4) is 0 Å². The van der Waals surface area contributed by atoms with Gasteiger partial charge in [-0.3, -0.25) is 9.69 Å². The molecule has 152 valence electrons. The highest BCUT2D eigenvalue weighted by molar-refractivity contribution is 5.94. The lowest BCUT2D eigenvalue weighted by Gasteiger charge is -2.36.